The minimum absolute atomic E-state index is 0.0569. The van der Waals surface area contributed by atoms with Crippen LogP contribution in [0, 0.1) is 15.9 Å². The first-order valence-electron chi connectivity index (χ1n) is 8.64. The van der Waals surface area contributed by atoms with Gasteiger partial charge in [0.05, 0.1) is 16.4 Å². The maximum absolute atomic E-state index is 12.9. The van der Waals surface area contributed by atoms with Crippen molar-refractivity contribution in [3.63, 3.8) is 0 Å². The van der Waals surface area contributed by atoms with E-state index in [2.05, 4.69) is 15.6 Å². The lowest BCUT2D eigenvalue weighted by molar-refractivity contribution is -0.384. The summed E-state index contributed by atoms with van der Waals surface area (Å²) >= 11 is 8.28. The van der Waals surface area contributed by atoms with Gasteiger partial charge in [0.1, 0.15) is 10.8 Å². The summed E-state index contributed by atoms with van der Waals surface area (Å²) in [7, 11) is 0. The van der Waals surface area contributed by atoms with Crippen molar-refractivity contribution in [1.82, 2.24) is 4.98 Å². The summed E-state index contributed by atoms with van der Waals surface area (Å²) in [6.45, 7) is 0. The van der Waals surface area contributed by atoms with Gasteiger partial charge in [-0.05, 0) is 36.4 Å². The number of benzene rings is 2. The molecule has 0 radical (unpaired) electrons. The summed E-state index contributed by atoms with van der Waals surface area (Å²) in [5.41, 5.74) is 0.902. The van der Waals surface area contributed by atoms with Crippen LogP contribution in [0.25, 0.3) is 0 Å². The number of nitro groups is 1. The van der Waals surface area contributed by atoms with Gasteiger partial charge in [-0.3, -0.25) is 25.0 Å². The Hall–Kier alpha value is -3.02. The molecule has 0 fully saturated rings. The van der Waals surface area contributed by atoms with E-state index in [-0.39, 0.29) is 33.8 Å². The van der Waals surface area contributed by atoms with E-state index < -0.39 is 10.8 Å². The fourth-order valence-electron chi connectivity index (χ4n) is 2.37. The van der Waals surface area contributed by atoms with Crippen molar-refractivity contribution in [2.75, 3.05) is 16.4 Å². The maximum atomic E-state index is 12.9. The van der Waals surface area contributed by atoms with E-state index in [1.807, 2.05) is 0 Å². The lowest BCUT2D eigenvalue weighted by Crippen LogP contribution is -2.14. The zero-order valence-electron chi connectivity index (χ0n) is 15.6. The van der Waals surface area contributed by atoms with Gasteiger partial charge in [0, 0.05) is 28.5 Å². The molecule has 0 aliphatic carbocycles. The first-order valence-corrected chi connectivity index (χ1v) is 11.1. The van der Waals surface area contributed by atoms with E-state index in [1.165, 1.54) is 59.5 Å². The number of halogens is 2. The molecular weight excluding hydrogens is 467 g/mol. The summed E-state index contributed by atoms with van der Waals surface area (Å²) < 4.78 is 12.9. The molecule has 0 atom stereocenters. The van der Waals surface area contributed by atoms with E-state index >= 15 is 0 Å². The molecule has 0 bridgehead atoms. The highest BCUT2D eigenvalue weighted by atomic mass is 35.5. The second kappa shape index (κ2) is 10.3. The second-order valence-corrected chi connectivity index (χ2v) is 8.32. The molecule has 1 aromatic heterocycles. The highest BCUT2D eigenvalue weighted by Crippen LogP contribution is 2.26. The van der Waals surface area contributed by atoms with Crippen molar-refractivity contribution in [1.29, 1.82) is 0 Å². The van der Waals surface area contributed by atoms with Gasteiger partial charge in [-0.25, -0.2) is 9.37 Å². The Morgan fingerprint density at radius 3 is 2.65 bits per heavy atom. The molecule has 1 heterocycles. The number of thiazole rings is 1. The smallest absolute Gasteiger partial charge is 0.288 e. The van der Waals surface area contributed by atoms with Crippen LogP contribution in [0.4, 0.5) is 20.9 Å². The molecule has 0 spiro atoms. The fourth-order valence-corrected chi connectivity index (χ4v) is 4.09. The number of hydrogen-bond acceptors (Lipinski definition) is 7. The Morgan fingerprint density at radius 1 is 1.19 bits per heavy atom. The van der Waals surface area contributed by atoms with Crippen molar-refractivity contribution < 1.29 is 18.9 Å². The SMILES string of the molecule is O=C(CSCc1csc(NC(=O)c2ccc(Cl)c([N+](=O)[O-])c2)n1)Nc1ccc(F)cc1. The Kier molecular flexibility index (Phi) is 7.55. The third-order valence-electron chi connectivity index (χ3n) is 3.79. The molecule has 3 aromatic rings. The first-order chi connectivity index (χ1) is 14.8. The Labute approximate surface area is 189 Å². The number of anilines is 2. The van der Waals surface area contributed by atoms with Gasteiger partial charge >= 0.3 is 0 Å². The van der Waals surface area contributed by atoms with Crippen LogP contribution in [-0.2, 0) is 10.5 Å². The van der Waals surface area contributed by atoms with Crippen molar-refractivity contribution in [3.8, 4) is 0 Å². The molecule has 0 aliphatic heterocycles. The number of nitro benzene ring substituents is 1. The third kappa shape index (κ3) is 6.48. The zero-order chi connectivity index (χ0) is 22.4. The highest BCUT2D eigenvalue weighted by Gasteiger charge is 2.17. The van der Waals surface area contributed by atoms with Crippen LogP contribution in [-0.4, -0.2) is 27.5 Å². The van der Waals surface area contributed by atoms with Crippen LogP contribution < -0.4 is 10.6 Å². The van der Waals surface area contributed by atoms with Crippen LogP contribution in [0.3, 0.4) is 0 Å². The number of nitrogens with zero attached hydrogens (tertiary/aromatic N) is 2. The molecule has 31 heavy (non-hydrogen) atoms. The van der Waals surface area contributed by atoms with Gasteiger partial charge in [0.2, 0.25) is 5.91 Å². The van der Waals surface area contributed by atoms with E-state index in [9.17, 15) is 24.1 Å². The number of hydrogen-bond donors (Lipinski definition) is 2. The molecule has 8 nitrogen and oxygen atoms in total. The van der Waals surface area contributed by atoms with Crippen LogP contribution in [0.5, 0.6) is 0 Å². The lowest BCUT2D eigenvalue weighted by Gasteiger charge is -2.04. The van der Waals surface area contributed by atoms with E-state index in [4.69, 9.17) is 11.6 Å². The summed E-state index contributed by atoms with van der Waals surface area (Å²) in [5.74, 6) is -0.550. The third-order valence-corrected chi connectivity index (χ3v) is 5.88. The number of carbonyl (C=O) groups is 2. The molecule has 2 N–H and O–H groups in total. The van der Waals surface area contributed by atoms with Crippen molar-refractivity contribution in [2.24, 2.45) is 0 Å². The number of nitrogens with one attached hydrogen (secondary N) is 2. The summed E-state index contributed by atoms with van der Waals surface area (Å²) in [4.78, 5) is 38.8. The summed E-state index contributed by atoms with van der Waals surface area (Å²) in [6, 6.07) is 9.24. The standard InChI is InChI=1S/C19H14ClFN4O4S2/c20-15-6-1-11(7-16(15)25(28)29)18(27)24-19-23-14(9-31-19)8-30-10-17(26)22-13-4-2-12(21)3-5-13/h1-7,9H,8,10H2,(H,22,26)(H,23,24,27). The van der Waals surface area contributed by atoms with Gasteiger partial charge < -0.3 is 5.32 Å². The van der Waals surface area contributed by atoms with Gasteiger partial charge in [-0.15, -0.1) is 23.1 Å². The average molecular weight is 481 g/mol. The van der Waals surface area contributed by atoms with Crippen LogP contribution >= 0.6 is 34.7 Å². The van der Waals surface area contributed by atoms with Crippen molar-refractivity contribution >= 4 is 63.0 Å². The lowest BCUT2D eigenvalue weighted by atomic mass is 10.2. The predicted octanol–water partition coefficient (Wildman–Crippen LogP) is 4.97. The highest BCUT2D eigenvalue weighted by molar-refractivity contribution is 7.99. The Balaban J connectivity index is 1.49. The number of carbonyl (C=O) groups excluding carboxylic acids is 2. The van der Waals surface area contributed by atoms with E-state index in [0.717, 1.165) is 6.07 Å². The minimum atomic E-state index is -0.663. The maximum Gasteiger partial charge on any atom is 0.288 e. The van der Waals surface area contributed by atoms with Crippen molar-refractivity contribution in [3.05, 3.63) is 80.1 Å². The molecule has 0 saturated heterocycles. The number of thioether (sulfide) groups is 1. The molecule has 2 aromatic carbocycles. The number of amides is 2. The van der Waals surface area contributed by atoms with Crippen LogP contribution in [0.1, 0.15) is 16.1 Å². The monoisotopic (exact) mass is 480 g/mol. The molecular formula is C19H14ClFN4O4S2. The molecule has 0 unspecified atom stereocenters. The van der Waals surface area contributed by atoms with Gasteiger partial charge in [0.25, 0.3) is 11.6 Å². The summed E-state index contributed by atoms with van der Waals surface area (Å²) in [5, 5.41) is 18.2. The second-order valence-electron chi connectivity index (χ2n) is 6.07. The largest absolute Gasteiger partial charge is 0.325 e. The zero-order valence-corrected chi connectivity index (χ0v) is 18.0. The fraction of sp³-hybridized carbons (Fsp3) is 0.105. The van der Waals surface area contributed by atoms with E-state index in [1.54, 1.807) is 5.38 Å². The topological polar surface area (TPSA) is 114 Å². The molecule has 2 amide bonds. The van der Waals surface area contributed by atoms with Crippen LogP contribution in [0.15, 0.2) is 47.8 Å². The van der Waals surface area contributed by atoms with Gasteiger partial charge in [0.15, 0.2) is 5.13 Å². The molecule has 0 aliphatic rings. The minimum Gasteiger partial charge on any atom is -0.325 e. The van der Waals surface area contributed by atoms with Crippen LogP contribution in [0.2, 0.25) is 5.02 Å². The average Bonchev–Trinajstić information content (AvgIpc) is 3.17. The normalized spacial score (nSPS) is 10.5. The Morgan fingerprint density at radius 2 is 1.94 bits per heavy atom. The Bertz CT molecular complexity index is 1120. The quantitative estimate of drug-likeness (QED) is 0.347. The van der Waals surface area contributed by atoms with Gasteiger partial charge in [-0.2, -0.15) is 0 Å². The molecule has 12 heteroatoms. The predicted molar refractivity (Wildman–Crippen MR) is 119 cm³/mol. The number of aromatic nitrogens is 1. The van der Waals surface area contributed by atoms with Crippen molar-refractivity contribution in [2.45, 2.75) is 5.75 Å². The van der Waals surface area contributed by atoms with Gasteiger partial charge in [-0.1, -0.05) is 11.6 Å². The molecule has 0 saturated carbocycles. The molecule has 160 valence electrons. The van der Waals surface area contributed by atoms with E-state index in [0.29, 0.717) is 22.3 Å². The molecule has 3 rings (SSSR count). The first kappa shape index (κ1) is 22.7. The number of rotatable bonds is 8. The summed E-state index contributed by atoms with van der Waals surface area (Å²) in [6.07, 6.45) is 0.